The first-order valence-corrected chi connectivity index (χ1v) is 12.5. The van der Waals surface area contributed by atoms with Gasteiger partial charge in [-0.1, -0.05) is 0 Å². The molecule has 32 heavy (non-hydrogen) atoms. The zero-order chi connectivity index (χ0) is 21.5. The average Bonchev–Trinajstić information content (AvgIpc) is 3.59. The van der Waals surface area contributed by atoms with E-state index in [1.807, 2.05) is 12.3 Å². The molecule has 1 aromatic heterocycles. The summed E-state index contributed by atoms with van der Waals surface area (Å²) in [5, 5.41) is 12.2. The molecule has 2 aromatic rings. The summed E-state index contributed by atoms with van der Waals surface area (Å²) in [6.07, 6.45) is 10.4. The van der Waals surface area contributed by atoms with Crippen molar-refractivity contribution in [2.75, 3.05) is 44.2 Å². The first-order valence-electron chi connectivity index (χ1n) is 11.7. The number of allylic oxidation sites excluding steroid dienone is 1. The van der Waals surface area contributed by atoms with E-state index in [1.54, 1.807) is 11.3 Å². The lowest BCUT2D eigenvalue weighted by Crippen LogP contribution is -2.50. The fraction of sp³-hybridized carbons (Fsp3) is 0.458. The summed E-state index contributed by atoms with van der Waals surface area (Å²) >= 11 is 1.65. The molecule has 1 aromatic carbocycles. The lowest BCUT2D eigenvalue weighted by Gasteiger charge is -2.38. The second-order valence-electron chi connectivity index (χ2n) is 9.00. The van der Waals surface area contributed by atoms with Gasteiger partial charge in [0.15, 0.2) is 0 Å². The van der Waals surface area contributed by atoms with Crippen LogP contribution in [-0.4, -0.2) is 72.1 Å². The number of benzene rings is 1. The molecular weight excluding hydrogens is 418 g/mol. The molecule has 7 nitrogen and oxygen atoms in total. The Kier molecular flexibility index (Phi) is 5.19. The van der Waals surface area contributed by atoms with E-state index in [0.29, 0.717) is 11.9 Å². The van der Waals surface area contributed by atoms with Gasteiger partial charge in [0.2, 0.25) is 0 Å². The minimum atomic E-state index is 0.707. The third-order valence-electron chi connectivity index (χ3n) is 7.06. The summed E-state index contributed by atoms with van der Waals surface area (Å²) < 4.78 is 1.17. The van der Waals surface area contributed by atoms with E-state index < -0.39 is 0 Å². The van der Waals surface area contributed by atoms with Crippen molar-refractivity contribution < 1.29 is 0 Å². The number of aromatic nitrogens is 1. The smallest absolute Gasteiger partial charge is 0.144 e. The number of likely N-dealkylation sites (tertiary alicyclic amines) is 1. The molecule has 5 heterocycles. The van der Waals surface area contributed by atoms with Crippen LogP contribution in [0.5, 0.6) is 0 Å². The first kappa shape index (κ1) is 19.9. The van der Waals surface area contributed by atoms with Crippen molar-refractivity contribution in [3.63, 3.8) is 0 Å². The van der Waals surface area contributed by atoms with Crippen molar-refractivity contribution >= 4 is 44.9 Å². The molecule has 0 saturated carbocycles. The van der Waals surface area contributed by atoms with Gasteiger partial charge in [0.05, 0.1) is 15.8 Å². The van der Waals surface area contributed by atoms with E-state index in [2.05, 4.69) is 38.2 Å². The Morgan fingerprint density at radius 2 is 2.00 bits per heavy atom. The topological polar surface area (TPSA) is 70.8 Å². The Hall–Kier alpha value is -2.71. The maximum atomic E-state index is 8.08. The van der Waals surface area contributed by atoms with E-state index in [0.717, 1.165) is 54.7 Å². The Morgan fingerprint density at radius 3 is 2.88 bits per heavy atom. The van der Waals surface area contributed by atoms with Gasteiger partial charge in [-0.2, -0.15) is 0 Å². The van der Waals surface area contributed by atoms with Crippen molar-refractivity contribution in [1.29, 1.82) is 5.41 Å². The summed E-state index contributed by atoms with van der Waals surface area (Å²) in [5.74, 6) is 1.69. The summed E-state index contributed by atoms with van der Waals surface area (Å²) in [4.78, 5) is 17.2. The Bertz CT molecular complexity index is 1120. The zero-order valence-corrected chi connectivity index (χ0v) is 19.1. The fourth-order valence-electron chi connectivity index (χ4n) is 5.32. The number of thiazole rings is 1. The van der Waals surface area contributed by atoms with Crippen LogP contribution < -0.4 is 10.2 Å². The molecule has 0 bridgehead atoms. The lowest BCUT2D eigenvalue weighted by atomic mass is 10.1. The number of rotatable bonds is 3. The van der Waals surface area contributed by atoms with Crippen LogP contribution in [-0.2, 0) is 0 Å². The van der Waals surface area contributed by atoms with Gasteiger partial charge in [-0.25, -0.2) is 9.98 Å². The van der Waals surface area contributed by atoms with E-state index in [1.165, 1.54) is 48.8 Å². The molecular formula is C24H29N7S. The quantitative estimate of drug-likeness (QED) is 0.705. The van der Waals surface area contributed by atoms with E-state index in [9.17, 15) is 0 Å². The summed E-state index contributed by atoms with van der Waals surface area (Å²) in [6.45, 7) is 6.75. The maximum Gasteiger partial charge on any atom is 0.144 e. The molecule has 166 valence electrons. The van der Waals surface area contributed by atoms with Gasteiger partial charge in [0.1, 0.15) is 16.7 Å². The molecule has 8 heteroatoms. The molecule has 0 amide bonds. The minimum absolute atomic E-state index is 0.707. The Labute approximate surface area is 192 Å². The number of aliphatic imine (C=N–C) groups is 1. The van der Waals surface area contributed by atoms with Gasteiger partial charge in [-0.3, -0.25) is 4.90 Å². The van der Waals surface area contributed by atoms with Gasteiger partial charge >= 0.3 is 0 Å². The lowest BCUT2D eigenvalue weighted by molar-refractivity contribution is 0.231. The molecule has 3 saturated heterocycles. The van der Waals surface area contributed by atoms with Crippen LogP contribution in [0, 0.1) is 5.41 Å². The van der Waals surface area contributed by atoms with Crippen LogP contribution in [0.4, 0.5) is 5.69 Å². The summed E-state index contributed by atoms with van der Waals surface area (Å²) in [6, 6.07) is 7.32. The maximum absolute atomic E-state index is 8.08. The van der Waals surface area contributed by atoms with Crippen LogP contribution in [0.25, 0.3) is 15.8 Å². The zero-order valence-electron chi connectivity index (χ0n) is 18.3. The van der Waals surface area contributed by atoms with Crippen molar-refractivity contribution in [1.82, 2.24) is 20.1 Å². The van der Waals surface area contributed by atoms with Crippen LogP contribution in [0.1, 0.15) is 30.7 Å². The van der Waals surface area contributed by atoms with E-state index in [-0.39, 0.29) is 0 Å². The molecule has 2 N–H and O–H groups in total. The number of hydrogen-bond acceptors (Lipinski definition) is 8. The third-order valence-corrected chi connectivity index (χ3v) is 8.11. The Balaban J connectivity index is 1.30. The van der Waals surface area contributed by atoms with Crippen molar-refractivity contribution in [3.8, 4) is 0 Å². The molecule has 3 fully saturated rings. The van der Waals surface area contributed by atoms with E-state index in [4.69, 9.17) is 15.4 Å². The highest BCUT2D eigenvalue weighted by molar-refractivity contribution is 7.19. The van der Waals surface area contributed by atoms with Crippen molar-refractivity contribution in [2.24, 2.45) is 4.99 Å². The fourth-order valence-corrected chi connectivity index (χ4v) is 6.34. The average molecular weight is 448 g/mol. The normalized spacial score (nSPS) is 25.1. The Morgan fingerprint density at radius 1 is 1.09 bits per heavy atom. The summed E-state index contributed by atoms with van der Waals surface area (Å²) in [5.41, 5.74) is 3.02. The second-order valence-corrected chi connectivity index (χ2v) is 10.0. The number of anilines is 1. The monoisotopic (exact) mass is 447 g/mol. The molecule has 4 aliphatic heterocycles. The highest BCUT2D eigenvalue weighted by atomic mass is 32.1. The van der Waals surface area contributed by atoms with Gasteiger partial charge in [0, 0.05) is 56.9 Å². The third kappa shape index (κ3) is 3.61. The van der Waals surface area contributed by atoms with Crippen molar-refractivity contribution in [2.45, 2.75) is 31.7 Å². The van der Waals surface area contributed by atoms with Crippen LogP contribution in [0.3, 0.4) is 0 Å². The summed E-state index contributed by atoms with van der Waals surface area (Å²) in [7, 11) is 0. The van der Waals surface area contributed by atoms with E-state index >= 15 is 0 Å². The van der Waals surface area contributed by atoms with Gasteiger partial charge in [-0.15, -0.1) is 11.3 Å². The highest BCUT2D eigenvalue weighted by Gasteiger charge is 2.30. The predicted octanol–water partition coefficient (Wildman–Crippen LogP) is 3.51. The SMILES string of the molecule is N=C/C(=C1/N=C(N2CCCC2)C=CN1)c1nc2ccc(N3CCN4CCCC4C3)cc2s1. The molecule has 0 spiro atoms. The van der Waals surface area contributed by atoms with Crippen LogP contribution in [0.2, 0.25) is 0 Å². The van der Waals surface area contributed by atoms with Crippen molar-refractivity contribution in [3.05, 3.63) is 41.3 Å². The standard InChI is InChI=1S/C24H29N7S/c25-15-19(23-26-8-7-22(28-23)30-9-1-2-10-30)24-27-20-6-5-17(14-21(20)32-24)31-13-12-29-11-3-4-18(29)16-31/h5-8,14-15,18,25-26H,1-4,9-13,16H2/b23-19-,25-15?. The number of amidine groups is 1. The molecule has 1 unspecified atom stereocenters. The number of piperazine rings is 1. The minimum Gasteiger partial charge on any atom is -0.369 e. The molecule has 0 aliphatic carbocycles. The van der Waals surface area contributed by atoms with Crippen LogP contribution >= 0.6 is 11.3 Å². The largest absolute Gasteiger partial charge is 0.369 e. The molecule has 4 aliphatic rings. The first-order chi connectivity index (χ1) is 15.8. The van der Waals surface area contributed by atoms with Gasteiger partial charge in [-0.05, 0) is 56.5 Å². The number of nitrogens with zero attached hydrogens (tertiary/aromatic N) is 5. The molecule has 0 radical (unpaired) electrons. The number of hydrogen-bond donors (Lipinski definition) is 2. The molecule has 6 rings (SSSR count). The van der Waals surface area contributed by atoms with Crippen LogP contribution in [0.15, 0.2) is 41.3 Å². The molecule has 1 atom stereocenters. The van der Waals surface area contributed by atoms with Gasteiger partial charge < -0.3 is 20.5 Å². The highest BCUT2D eigenvalue weighted by Crippen LogP contribution is 2.33. The number of fused-ring (bicyclic) bond motifs is 2. The second kappa shape index (κ2) is 8.33. The predicted molar refractivity (Wildman–Crippen MR) is 133 cm³/mol. The number of nitrogens with one attached hydrogen (secondary N) is 2. The van der Waals surface area contributed by atoms with Gasteiger partial charge in [0.25, 0.3) is 0 Å².